The van der Waals surface area contributed by atoms with Crippen LogP contribution >= 0.6 is 0 Å². The lowest BCUT2D eigenvalue weighted by Crippen LogP contribution is -2.40. The van der Waals surface area contributed by atoms with Crippen LogP contribution in [-0.4, -0.2) is 42.4 Å². The van der Waals surface area contributed by atoms with Crippen molar-refractivity contribution in [2.75, 3.05) is 31.2 Å². The number of nitro benzene ring substituents is 1. The number of piperidine rings is 1. The lowest BCUT2D eigenvalue weighted by atomic mass is 10.1. The Balaban J connectivity index is 2.08. The standard InChI is InChI=1S/C13H17FN2O4/c14-12-8-10(16(18)19)3-4-13(12)15-5-1-2-11(9-15)20-7-6-17/h3-4,8,11,17H,1-2,5-7,9H2. The summed E-state index contributed by atoms with van der Waals surface area (Å²) in [6, 6.07) is 3.67. The number of aliphatic hydroxyl groups is 1. The number of anilines is 1. The molecule has 1 unspecified atom stereocenters. The van der Waals surface area contributed by atoms with Crippen LogP contribution in [0.1, 0.15) is 12.8 Å². The van der Waals surface area contributed by atoms with E-state index < -0.39 is 10.7 Å². The Morgan fingerprint density at radius 3 is 3.00 bits per heavy atom. The third-order valence-electron chi connectivity index (χ3n) is 3.31. The van der Waals surface area contributed by atoms with Gasteiger partial charge in [0.1, 0.15) is 0 Å². The van der Waals surface area contributed by atoms with E-state index >= 15 is 0 Å². The topological polar surface area (TPSA) is 75.8 Å². The van der Waals surface area contributed by atoms with Crippen LogP contribution in [-0.2, 0) is 4.74 Å². The number of ether oxygens (including phenoxy) is 1. The summed E-state index contributed by atoms with van der Waals surface area (Å²) in [6.07, 6.45) is 1.67. The van der Waals surface area contributed by atoms with Gasteiger partial charge < -0.3 is 14.7 Å². The van der Waals surface area contributed by atoms with Crippen LogP contribution in [0.4, 0.5) is 15.8 Å². The van der Waals surface area contributed by atoms with E-state index in [0.29, 0.717) is 18.8 Å². The maximum atomic E-state index is 13.9. The van der Waals surface area contributed by atoms with E-state index in [-0.39, 0.29) is 25.0 Å². The van der Waals surface area contributed by atoms with E-state index in [1.807, 2.05) is 4.90 Å². The molecule has 1 fully saturated rings. The molecule has 6 nitrogen and oxygen atoms in total. The monoisotopic (exact) mass is 284 g/mol. The Morgan fingerprint density at radius 2 is 2.35 bits per heavy atom. The first-order valence-corrected chi connectivity index (χ1v) is 6.53. The zero-order valence-electron chi connectivity index (χ0n) is 11.0. The second-order valence-electron chi connectivity index (χ2n) is 4.70. The highest BCUT2D eigenvalue weighted by atomic mass is 19.1. The summed E-state index contributed by atoms with van der Waals surface area (Å²) in [4.78, 5) is 11.8. The van der Waals surface area contributed by atoms with Gasteiger partial charge in [-0.15, -0.1) is 0 Å². The van der Waals surface area contributed by atoms with Crippen LogP contribution in [0.5, 0.6) is 0 Å². The maximum Gasteiger partial charge on any atom is 0.272 e. The summed E-state index contributed by atoms with van der Waals surface area (Å²) >= 11 is 0. The quantitative estimate of drug-likeness (QED) is 0.658. The average molecular weight is 284 g/mol. The summed E-state index contributed by atoms with van der Waals surface area (Å²) in [5.41, 5.74) is 0.101. The molecule has 7 heteroatoms. The molecule has 0 radical (unpaired) electrons. The van der Waals surface area contributed by atoms with Gasteiger partial charge in [0, 0.05) is 19.2 Å². The Hall–Kier alpha value is -1.73. The van der Waals surface area contributed by atoms with Crippen molar-refractivity contribution in [1.29, 1.82) is 0 Å². The van der Waals surface area contributed by atoms with Crippen molar-refractivity contribution in [3.05, 3.63) is 34.1 Å². The molecule has 0 aromatic heterocycles. The van der Waals surface area contributed by atoms with E-state index in [0.717, 1.165) is 18.9 Å². The zero-order chi connectivity index (χ0) is 14.5. The maximum absolute atomic E-state index is 13.9. The van der Waals surface area contributed by atoms with Gasteiger partial charge in [-0.3, -0.25) is 10.1 Å². The summed E-state index contributed by atoms with van der Waals surface area (Å²) in [5, 5.41) is 19.3. The number of nitro groups is 1. The lowest BCUT2D eigenvalue weighted by molar-refractivity contribution is -0.385. The molecule has 1 heterocycles. The molecule has 0 spiro atoms. The molecule has 0 aliphatic carbocycles. The third-order valence-corrected chi connectivity index (χ3v) is 3.31. The number of halogens is 1. The van der Waals surface area contributed by atoms with Crippen molar-refractivity contribution in [3.63, 3.8) is 0 Å². The third kappa shape index (κ3) is 3.43. The van der Waals surface area contributed by atoms with Gasteiger partial charge in [0.05, 0.1) is 36.0 Å². The molecule has 1 saturated heterocycles. The fourth-order valence-electron chi connectivity index (χ4n) is 2.38. The smallest absolute Gasteiger partial charge is 0.272 e. The highest BCUT2D eigenvalue weighted by molar-refractivity contribution is 5.52. The summed E-state index contributed by atoms with van der Waals surface area (Å²) in [5.74, 6) is -0.595. The average Bonchev–Trinajstić information content (AvgIpc) is 2.45. The van der Waals surface area contributed by atoms with Crippen LogP contribution in [0, 0.1) is 15.9 Å². The van der Waals surface area contributed by atoms with Crippen molar-refractivity contribution >= 4 is 11.4 Å². The van der Waals surface area contributed by atoms with Gasteiger partial charge in [-0.2, -0.15) is 0 Å². The molecule has 1 aromatic carbocycles. The van der Waals surface area contributed by atoms with Crippen LogP contribution in [0.3, 0.4) is 0 Å². The molecule has 110 valence electrons. The molecule has 1 N–H and O–H groups in total. The van der Waals surface area contributed by atoms with Crippen molar-refractivity contribution in [2.24, 2.45) is 0 Å². The highest BCUT2D eigenvalue weighted by Gasteiger charge is 2.23. The first-order chi connectivity index (χ1) is 9.61. The van der Waals surface area contributed by atoms with E-state index in [1.165, 1.54) is 12.1 Å². The van der Waals surface area contributed by atoms with E-state index in [9.17, 15) is 14.5 Å². The Labute approximate surface area is 115 Å². The Bertz CT molecular complexity index is 483. The highest BCUT2D eigenvalue weighted by Crippen LogP contribution is 2.27. The van der Waals surface area contributed by atoms with Crippen LogP contribution in [0.15, 0.2) is 18.2 Å². The first-order valence-electron chi connectivity index (χ1n) is 6.53. The van der Waals surface area contributed by atoms with Crippen molar-refractivity contribution in [3.8, 4) is 0 Å². The minimum Gasteiger partial charge on any atom is -0.394 e. The fraction of sp³-hybridized carbons (Fsp3) is 0.538. The number of rotatable bonds is 5. The lowest BCUT2D eigenvalue weighted by Gasteiger charge is -2.34. The van der Waals surface area contributed by atoms with E-state index in [1.54, 1.807) is 0 Å². The minimum atomic E-state index is -0.615. The predicted molar refractivity (Wildman–Crippen MR) is 71.3 cm³/mol. The summed E-state index contributed by atoms with van der Waals surface area (Å²) in [7, 11) is 0. The van der Waals surface area contributed by atoms with Gasteiger partial charge in [-0.25, -0.2) is 4.39 Å². The molecule has 0 bridgehead atoms. The molecule has 2 rings (SSSR count). The zero-order valence-corrected chi connectivity index (χ0v) is 11.0. The molecule has 0 amide bonds. The largest absolute Gasteiger partial charge is 0.394 e. The van der Waals surface area contributed by atoms with Gasteiger partial charge in [0.25, 0.3) is 5.69 Å². The molecule has 20 heavy (non-hydrogen) atoms. The second-order valence-corrected chi connectivity index (χ2v) is 4.70. The summed E-state index contributed by atoms with van der Waals surface area (Å²) in [6.45, 7) is 1.44. The number of aliphatic hydroxyl groups excluding tert-OH is 1. The first kappa shape index (κ1) is 14.7. The van der Waals surface area contributed by atoms with Crippen LogP contribution in [0.2, 0.25) is 0 Å². The van der Waals surface area contributed by atoms with Gasteiger partial charge in [-0.05, 0) is 18.9 Å². The van der Waals surface area contributed by atoms with Crippen molar-refractivity contribution in [2.45, 2.75) is 18.9 Å². The molecule has 1 aliphatic heterocycles. The molecule has 1 aliphatic rings. The van der Waals surface area contributed by atoms with E-state index in [2.05, 4.69) is 0 Å². The van der Waals surface area contributed by atoms with Gasteiger partial charge in [0.15, 0.2) is 5.82 Å². The van der Waals surface area contributed by atoms with Crippen LogP contribution < -0.4 is 4.90 Å². The molecule has 1 aromatic rings. The van der Waals surface area contributed by atoms with Crippen molar-refractivity contribution in [1.82, 2.24) is 0 Å². The SMILES string of the molecule is O=[N+]([O-])c1ccc(N2CCCC(OCCO)C2)c(F)c1. The van der Waals surface area contributed by atoms with E-state index in [4.69, 9.17) is 9.84 Å². The van der Waals surface area contributed by atoms with Crippen LogP contribution in [0.25, 0.3) is 0 Å². The number of non-ortho nitro benzene ring substituents is 1. The summed E-state index contributed by atoms with van der Waals surface area (Å²) < 4.78 is 19.4. The van der Waals surface area contributed by atoms with Crippen molar-refractivity contribution < 1.29 is 19.2 Å². The predicted octanol–water partition coefficient (Wildman–Crippen LogP) is 1.71. The molecule has 0 saturated carbocycles. The molecular weight excluding hydrogens is 267 g/mol. The minimum absolute atomic E-state index is 0.0393. The van der Waals surface area contributed by atoms with Gasteiger partial charge in [-0.1, -0.05) is 0 Å². The second kappa shape index (κ2) is 6.62. The fourth-order valence-corrected chi connectivity index (χ4v) is 2.38. The normalized spacial score (nSPS) is 19.1. The number of benzene rings is 1. The molecule has 1 atom stereocenters. The van der Waals surface area contributed by atoms with Gasteiger partial charge in [0.2, 0.25) is 0 Å². The Kier molecular flexibility index (Phi) is 4.86. The number of nitrogens with zero attached hydrogens (tertiary/aromatic N) is 2. The number of hydrogen-bond donors (Lipinski definition) is 1. The van der Waals surface area contributed by atoms with Gasteiger partial charge >= 0.3 is 0 Å². The number of hydrogen-bond acceptors (Lipinski definition) is 5. The Morgan fingerprint density at radius 1 is 1.55 bits per heavy atom. The molecular formula is C13H17FN2O4.